The van der Waals surface area contributed by atoms with Gasteiger partial charge in [-0.2, -0.15) is 11.8 Å². The van der Waals surface area contributed by atoms with Crippen LogP contribution < -0.4 is 10.6 Å². The lowest BCUT2D eigenvalue weighted by Gasteiger charge is -2.34. The quantitative estimate of drug-likeness (QED) is 0.593. The Morgan fingerprint density at radius 3 is 2.64 bits per heavy atom. The Labute approximate surface area is 153 Å². The first-order chi connectivity index (χ1) is 12.1. The molecule has 1 aliphatic heterocycles. The van der Waals surface area contributed by atoms with Crippen molar-refractivity contribution >= 4 is 29.7 Å². The van der Waals surface area contributed by atoms with Gasteiger partial charge in [-0.25, -0.2) is 4.79 Å². The number of hydrogen-bond donors (Lipinski definition) is 3. The van der Waals surface area contributed by atoms with Gasteiger partial charge >= 0.3 is 12.0 Å². The van der Waals surface area contributed by atoms with E-state index in [1.165, 1.54) is 19.3 Å². The van der Waals surface area contributed by atoms with Crippen LogP contribution in [0.3, 0.4) is 0 Å². The average Bonchev–Trinajstić information content (AvgIpc) is 2.59. The van der Waals surface area contributed by atoms with Crippen LogP contribution in [0.2, 0.25) is 0 Å². The van der Waals surface area contributed by atoms with Crippen LogP contribution in [-0.4, -0.2) is 64.6 Å². The lowest BCUT2D eigenvalue weighted by Crippen LogP contribution is -2.47. The van der Waals surface area contributed by atoms with Crippen LogP contribution in [0.1, 0.15) is 51.4 Å². The lowest BCUT2D eigenvalue weighted by molar-refractivity contribution is -0.140. The fourth-order valence-corrected chi connectivity index (χ4v) is 4.48. The summed E-state index contributed by atoms with van der Waals surface area (Å²) < 4.78 is 0. The van der Waals surface area contributed by atoms with Crippen molar-refractivity contribution in [2.24, 2.45) is 0 Å². The number of carbonyl (C=O) groups is 3. The second-order valence-corrected chi connectivity index (χ2v) is 7.90. The highest BCUT2D eigenvalue weighted by Crippen LogP contribution is 2.20. The van der Waals surface area contributed by atoms with Crippen molar-refractivity contribution in [3.8, 4) is 0 Å². The fourth-order valence-electron chi connectivity index (χ4n) is 3.42. The number of nitrogens with zero attached hydrogens (tertiary/aromatic N) is 1. The summed E-state index contributed by atoms with van der Waals surface area (Å²) in [5.74, 6) is 0.650. The van der Waals surface area contributed by atoms with Crippen LogP contribution in [0, 0.1) is 0 Å². The second-order valence-electron chi connectivity index (χ2n) is 6.75. The first-order valence-corrected chi connectivity index (χ1v) is 10.3. The maximum atomic E-state index is 12.3. The third-order valence-electron chi connectivity index (χ3n) is 4.75. The number of rotatable bonds is 7. The fraction of sp³-hybridized carbons (Fsp3) is 0.824. The Morgan fingerprint density at radius 2 is 1.92 bits per heavy atom. The minimum absolute atomic E-state index is 0.000778. The molecule has 3 amide bonds. The maximum Gasteiger partial charge on any atom is 0.315 e. The molecule has 0 bridgehead atoms. The van der Waals surface area contributed by atoms with Gasteiger partial charge in [-0.15, -0.1) is 0 Å². The van der Waals surface area contributed by atoms with Crippen molar-refractivity contribution in [1.29, 1.82) is 0 Å². The molecule has 2 rings (SSSR count). The van der Waals surface area contributed by atoms with Gasteiger partial charge in [0.2, 0.25) is 5.91 Å². The van der Waals surface area contributed by atoms with Gasteiger partial charge < -0.3 is 20.6 Å². The van der Waals surface area contributed by atoms with E-state index in [1.54, 1.807) is 16.7 Å². The molecule has 142 valence electrons. The molecular weight excluding hydrogens is 342 g/mol. The van der Waals surface area contributed by atoms with Gasteiger partial charge in [0.05, 0.1) is 12.5 Å². The van der Waals surface area contributed by atoms with E-state index in [0.717, 1.165) is 18.6 Å². The van der Waals surface area contributed by atoms with Gasteiger partial charge in [0, 0.05) is 37.1 Å². The molecule has 0 aromatic rings. The highest BCUT2D eigenvalue weighted by molar-refractivity contribution is 7.99. The van der Waals surface area contributed by atoms with Crippen molar-refractivity contribution < 1.29 is 19.5 Å². The monoisotopic (exact) mass is 371 g/mol. The predicted molar refractivity (Wildman–Crippen MR) is 97.7 cm³/mol. The molecule has 1 atom stereocenters. The van der Waals surface area contributed by atoms with Crippen molar-refractivity contribution in [3.05, 3.63) is 0 Å². The van der Waals surface area contributed by atoms with Gasteiger partial charge in [0.15, 0.2) is 0 Å². The van der Waals surface area contributed by atoms with Crippen LogP contribution >= 0.6 is 11.8 Å². The molecule has 1 saturated heterocycles. The molecule has 3 N–H and O–H groups in total. The topological polar surface area (TPSA) is 98.7 Å². The average molecular weight is 372 g/mol. The minimum Gasteiger partial charge on any atom is -0.481 e. The zero-order chi connectivity index (χ0) is 18.1. The zero-order valence-electron chi connectivity index (χ0n) is 14.7. The highest BCUT2D eigenvalue weighted by atomic mass is 32.2. The molecule has 0 aromatic carbocycles. The van der Waals surface area contributed by atoms with E-state index in [0.29, 0.717) is 31.7 Å². The number of carboxylic acid groups (broad SMARTS) is 1. The molecule has 1 saturated carbocycles. The van der Waals surface area contributed by atoms with Gasteiger partial charge in [-0.3, -0.25) is 9.59 Å². The molecule has 0 aromatic heterocycles. The van der Waals surface area contributed by atoms with Gasteiger partial charge in [0.1, 0.15) is 0 Å². The van der Waals surface area contributed by atoms with Crippen molar-refractivity contribution in [2.75, 3.05) is 24.6 Å². The van der Waals surface area contributed by atoms with Gasteiger partial charge in [-0.1, -0.05) is 19.3 Å². The summed E-state index contributed by atoms with van der Waals surface area (Å²) in [7, 11) is 0. The van der Waals surface area contributed by atoms with Crippen LogP contribution in [0.15, 0.2) is 0 Å². The number of aliphatic carboxylic acids is 1. The molecule has 8 heteroatoms. The Balaban J connectivity index is 1.63. The summed E-state index contributed by atoms with van der Waals surface area (Å²) in [6, 6.07) is -0.0956. The van der Waals surface area contributed by atoms with Crippen molar-refractivity contribution in [3.63, 3.8) is 0 Å². The third kappa shape index (κ3) is 7.13. The first-order valence-electron chi connectivity index (χ1n) is 9.19. The number of amides is 3. The number of thioether (sulfide) groups is 1. The Hall–Kier alpha value is -1.44. The number of urea groups is 1. The molecule has 1 aliphatic carbocycles. The van der Waals surface area contributed by atoms with E-state index in [9.17, 15) is 14.4 Å². The number of carbonyl (C=O) groups excluding carboxylic acids is 2. The molecule has 7 nitrogen and oxygen atoms in total. The van der Waals surface area contributed by atoms with E-state index in [4.69, 9.17) is 5.11 Å². The number of hydrogen-bond acceptors (Lipinski definition) is 4. The Morgan fingerprint density at radius 1 is 1.16 bits per heavy atom. The SMILES string of the molecule is O=C(O)CC1CSCCN1C(=O)CCCNC(=O)NC1CCCCC1. The largest absolute Gasteiger partial charge is 0.481 e. The molecule has 25 heavy (non-hydrogen) atoms. The smallest absolute Gasteiger partial charge is 0.315 e. The number of carboxylic acids is 1. The highest BCUT2D eigenvalue weighted by Gasteiger charge is 2.28. The summed E-state index contributed by atoms with van der Waals surface area (Å²) in [4.78, 5) is 36.8. The minimum atomic E-state index is -0.869. The summed E-state index contributed by atoms with van der Waals surface area (Å²) in [6.45, 7) is 1.06. The van der Waals surface area contributed by atoms with E-state index in [2.05, 4.69) is 10.6 Å². The Bertz CT molecular complexity index is 469. The summed E-state index contributed by atoms with van der Waals surface area (Å²) >= 11 is 1.69. The number of nitrogens with one attached hydrogen (secondary N) is 2. The van der Waals surface area contributed by atoms with E-state index < -0.39 is 5.97 Å². The predicted octanol–water partition coefficient (Wildman–Crippen LogP) is 1.82. The molecule has 1 heterocycles. The van der Waals surface area contributed by atoms with Crippen LogP contribution in [-0.2, 0) is 9.59 Å². The molecule has 0 spiro atoms. The Kier molecular flexibility index (Phi) is 8.37. The van der Waals surface area contributed by atoms with Crippen LogP contribution in [0.25, 0.3) is 0 Å². The first kappa shape index (κ1) is 19.9. The molecule has 2 fully saturated rings. The van der Waals surface area contributed by atoms with E-state index >= 15 is 0 Å². The standard InChI is InChI=1S/C17H29N3O4S/c21-15(20-9-10-25-12-14(20)11-16(22)23)7-4-8-18-17(24)19-13-5-2-1-3-6-13/h13-14H,1-12H2,(H,22,23)(H2,18,19,24). The molecule has 0 radical (unpaired) electrons. The zero-order valence-corrected chi connectivity index (χ0v) is 15.5. The van der Waals surface area contributed by atoms with Crippen LogP contribution in [0.4, 0.5) is 4.79 Å². The molecular formula is C17H29N3O4S. The van der Waals surface area contributed by atoms with Gasteiger partial charge in [-0.05, 0) is 19.3 Å². The summed E-state index contributed by atoms with van der Waals surface area (Å²) in [6.07, 6.45) is 6.59. The molecule has 2 aliphatic rings. The van der Waals surface area contributed by atoms with E-state index in [-0.39, 0.29) is 30.4 Å². The summed E-state index contributed by atoms with van der Waals surface area (Å²) in [5.41, 5.74) is 0. The lowest BCUT2D eigenvalue weighted by atomic mass is 9.96. The van der Waals surface area contributed by atoms with E-state index in [1.807, 2.05) is 0 Å². The molecule has 1 unspecified atom stereocenters. The van der Waals surface area contributed by atoms with Crippen molar-refractivity contribution in [1.82, 2.24) is 15.5 Å². The maximum absolute atomic E-state index is 12.3. The third-order valence-corrected chi connectivity index (χ3v) is 5.84. The normalized spacial score (nSPS) is 21.6. The van der Waals surface area contributed by atoms with Gasteiger partial charge in [0.25, 0.3) is 0 Å². The second kappa shape index (κ2) is 10.5. The van der Waals surface area contributed by atoms with Crippen LogP contribution in [0.5, 0.6) is 0 Å². The van der Waals surface area contributed by atoms with Crippen molar-refractivity contribution in [2.45, 2.75) is 63.5 Å². The summed E-state index contributed by atoms with van der Waals surface area (Å²) in [5, 5.41) is 14.8.